The molecule has 1 fully saturated rings. The van der Waals surface area contributed by atoms with Crippen molar-refractivity contribution in [1.82, 2.24) is 10.2 Å². The van der Waals surface area contributed by atoms with E-state index < -0.39 is 0 Å². The Balaban J connectivity index is 1.75. The van der Waals surface area contributed by atoms with Crippen LogP contribution in [0.3, 0.4) is 0 Å². The molecule has 0 spiro atoms. The van der Waals surface area contributed by atoms with Crippen LogP contribution in [0.2, 0.25) is 0 Å². The number of hydrogen-bond acceptors (Lipinski definition) is 5. The summed E-state index contributed by atoms with van der Waals surface area (Å²) in [5.41, 5.74) is 2.03. The maximum Gasteiger partial charge on any atom is 0.227 e. The highest BCUT2D eigenvalue weighted by molar-refractivity contribution is 7.15. The van der Waals surface area contributed by atoms with Gasteiger partial charge in [0.15, 0.2) is 0 Å². The third-order valence-electron chi connectivity index (χ3n) is 3.89. The molecule has 120 valence electrons. The number of rotatable bonds is 4. The summed E-state index contributed by atoms with van der Waals surface area (Å²) in [5, 5.41) is 12.1. The largest absolute Gasteiger partial charge is 0.311 e. The van der Waals surface area contributed by atoms with Gasteiger partial charge in [-0.2, -0.15) is 0 Å². The van der Waals surface area contributed by atoms with E-state index in [9.17, 15) is 9.59 Å². The molecule has 1 saturated heterocycles. The number of aryl methyl sites for hydroxylation is 1. The SMILES string of the molecule is CCC(=O)Nc1nnc([C@H]2CC(=O)N(c3ccccc3C)C2)s1. The van der Waals surface area contributed by atoms with Crippen LogP contribution in [-0.2, 0) is 9.59 Å². The molecule has 1 atom stereocenters. The summed E-state index contributed by atoms with van der Waals surface area (Å²) in [4.78, 5) is 25.6. The van der Waals surface area contributed by atoms with Crippen molar-refractivity contribution in [2.75, 3.05) is 16.8 Å². The summed E-state index contributed by atoms with van der Waals surface area (Å²) in [7, 11) is 0. The Morgan fingerprint density at radius 1 is 1.39 bits per heavy atom. The topological polar surface area (TPSA) is 75.2 Å². The van der Waals surface area contributed by atoms with Crippen LogP contribution in [0.25, 0.3) is 0 Å². The van der Waals surface area contributed by atoms with Gasteiger partial charge in [-0.05, 0) is 18.6 Å². The first-order chi connectivity index (χ1) is 11.1. The minimum Gasteiger partial charge on any atom is -0.311 e. The molecule has 0 saturated carbocycles. The third kappa shape index (κ3) is 3.24. The van der Waals surface area contributed by atoms with Crippen LogP contribution in [-0.4, -0.2) is 28.6 Å². The van der Waals surface area contributed by atoms with Gasteiger partial charge in [0.1, 0.15) is 5.01 Å². The first-order valence-electron chi connectivity index (χ1n) is 7.57. The molecule has 0 aliphatic carbocycles. The predicted molar refractivity (Wildman–Crippen MR) is 89.7 cm³/mol. The van der Waals surface area contributed by atoms with Gasteiger partial charge in [0, 0.05) is 31.0 Å². The smallest absolute Gasteiger partial charge is 0.227 e. The zero-order chi connectivity index (χ0) is 16.4. The molecular formula is C16H18N4O2S. The highest BCUT2D eigenvalue weighted by atomic mass is 32.1. The minimum atomic E-state index is -0.0864. The van der Waals surface area contributed by atoms with Crippen LogP contribution in [0, 0.1) is 6.92 Å². The molecule has 23 heavy (non-hydrogen) atoms. The van der Waals surface area contributed by atoms with Gasteiger partial charge in [-0.1, -0.05) is 36.5 Å². The fourth-order valence-electron chi connectivity index (χ4n) is 2.63. The van der Waals surface area contributed by atoms with Crippen LogP contribution in [0.15, 0.2) is 24.3 Å². The van der Waals surface area contributed by atoms with Crippen molar-refractivity contribution in [2.45, 2.75) is 32.6 Å². The van der Waals surface area contributed by atoms with Crippen molar-refractivity contribution < 1.29 is 9.59 Å². The Morgan fingerprint density at radius 3 is 2.91 bits per heavy atom. The van der Waals surface area contributed by atoms with Gasteiger partial charge < -0.3 is 10.2 Å². The van der Waals surface area contributed by atoms with E-state index >= 15 is 0 Å². The summed E-state index contributed by atoms with van der Waals surface area (Å²) in [6.45, 7) is 4.38. The molecule has 2 amide bonds. The standard InChI is InChI=1S/C16H18N4O2S/c1-3-13(21)17-16-19-18-15(23-16)11-8-14(22)20(9-11)12-7-5-4-6-10(12)2/h4-7,11H,3,8-9H2,1-2H3,(H,17,19,21)/t11-/m0/s1. The monoisotopic (exact) mass is 330 g/mol. The molecular weight excluding hydrogens is 312 g/mol. The summed E-state index contributed by atoms with van der Waals surface area (Å²) < 4.78 is 0. The number of amides is 2. The van der Waals surface area contributed by atoms with Crippen molar-refractivity contribution in [3.05, 3.63) is 34.8 Å². The Bertz CT molecular complexity index is 743. The lowest BCUT2D eigenvalue weighted by Gasteiger charge is -2.18. The van der Waals surface area contributed by atoms with Crippen LogP contribution < -0.4 is 10.2 Å². The average molecular weight is 330 g/mol. The number of nitrogens with one attached hydrogen (secondary N) is 1. The van der Waals surface area contributed by atoms with E-state index in [1.165, 1.54) is 11.3 Å². The van der Waals surface area contributed by atoms with E-state index in [0.717, 1.165) is 16.3 Å². The number of para-hydroxylation sites is 1. The number of hydrogen-bond donors (Lipinski definition) is 1. The number of benzene rings is 1. The molecule has 3 rings (SSSR count). The first kappa shape index (κ1) is 15.6. The molecule has 1 N–H and O–H groups in total. The highest BCUT2D eigenvalue weighted by Crippen LogP contribution is 2.35. The van der Waals surface area contributed by atoms with E-state index in [2.05, 4.69) is 15.5 Å². The lowest BCUT2D eigenvalue weighted by atomic mass is 10.1. The first-order valence-corrected chi connectivity index (χ1v) is 8.39. The summed E-state index contributed by atoms with van der Waals surface area (Å²) in [6, 6.07) is 7.86. The van der Waals surface area contributed by atoms with Gasteiger partial charge in [-0.25, -0.2) is 0 Å². The normalized spacial score (nSPS) is 17.6. The van der Waals surface area contributed by atoms with Gasteiger partial charge in [0.2, 0.25) is 16.9 Å². The van der Waals surface area contributed by atoms with Gasteiger partial charge >= 0.3 is 0 Å². The maximum absolute atomic E-state index is 12.4. The number of anilines is 2. The third-order valence-corrected chi connectivity index (χ3v) is 4.89. The van der Waals surface area contributed by atoms with Gasteiger partial charge in [0.05, 0.1) is 0 Å². The molecule has 0 radical (unpaired) electrons. The molecule has 6 nitrogen and oxygen atoms in total. The van der Waals surface area contributed by atoms with Crippen molar-refractivity contribution in [2.24, 2.45) is 0 Å². The molecule has 2 heterocycles. The summed E-state index contributed by atoms with van der Waals surface area (Å²) >= 11 is 1.34. The molecule has 1 aromatic heterocycles. The van der Waals surface area contributed by atoms with E-state index in [1.54, 1.807) is 6.92 Å². The second kappa shape index (κ2) is 6.45. The summed E-state index contributed by atoms with van der Waals surface area (Å²) in [6.07, 6.45) is 0.822. The molecule has 2 aromatic rings. The molecule has 0 unspecified atom stereocenters. The van der Waals surface area contributed by atoms with Crippen LogP contribution in [0.5, 0.6) is 0 Å². The molecule has 1 aromatic carbocycles. The molecule has 1 aliphatic heterocycles. The quantitative estimate of drug-likeness (QED) is 0.935. The maximum atomic E-state index is 12.4. The van der Waals surface area contributed by atoms with Crippen LogP contribution in [0.1, 0.15) is 36.3 Å². The second-order valence-electron chi connectivity index (χ2n) is 5.54. The Labute approximate surface area is 138 Å². The van der Waals surface area contributed by atoms with E-state index in [0.29, 0.717) is 24.5 Å². The fraction of sp³-hybridized carbons (Fsp3) is 0.375. The van der Waals surface area contributed by atoms with Gasteiger partial charge in [0.25, 0.3) is 0 Å². The van der Waals surface area contributed by atoms with E-state index in [-0.39, 0.29) is 17.7 Å². The predicted octanol–water partition coefficient (Wildman–Crippen LogP) is 2.72. The van der Waals surface area contributed by atoms with Crippen LogP contribution in [0.4, 0.5) is 10.8 Å². The molecule has 7 heteroatoms. The van der Waals surface area contributed by atoms with Crippen molar-refractivity contribution in [3.8, 4) is 0 Å². The van der Waals surface area contributed by atoms with E-state index in [4.69, 9.17) is 0 Å². The number of carbonyl (C=O) groups excluding carboxylic acids is 2. The minimum absolute atomic E-state index is 0.0203. The van der Waals surface area contributed by atoms with Gasteiger partial charge in [-0.3, -0.25) is 9.59 Å². The van der Waals surface area contributed by atoms with Crippen LogP contribution >= 0.6 is 11.3 Å². The number of carbonyl (C=O) groups is 2. The number of nitrogens with zero attached hydrogens (tertiary/aromatic N) is 3. The van der Waals surface area contributed by atoms with E-state index in [1.807, 2.05) is 36.1 Å². The zero-order valence-electron chi connectivity index (χ0n) is 13.1. The summed E-state index contributed by atoms with van der Waals surface area (Å²) in [5.74, 6) is 0.0299. The Kier molecular flexibility index (Phi) is 4.38. The Hall–Kier alpha value is -2.28. The van der Waals surface area contributed by atoms with Crippen molar-refractivity contribution in [1.29, 1.82) is 0 Å². The fourth-order valence-corrected chi connectivity index (χ4v) is 3.48. The van der Waals surface area contributed by atoms with Crippen molar-refractivity contribution in [3.63, 3.8) is 0 Å². The average Bonchev–Trinajstić information content (AvgIpc) is 3.14. The second-order valence-corrected chi connectivity index (χ2v) is 6.55. The van der Waals surface area contributed by atoms with Crippen molar-refractivity contribution >= 4 is 34.0 Å². The molecule has 1 aliphatic rings. The lowest BCUT2D eigenvalue weighted by Crippen LogP contribution is -2.25. The Morgan fingerprint density at radius 2 is 2.17 bits per heavy atom. The van der Waals surface area contributed by atoms with Gasteiger partial charge in [-0.15, -0.1) is 10.2 Å². The zero-order valence-corrected chi connectivity index (χ0v) is 13.9. The molecule has 0 bridgehead atoms. The lowest BCUT2D eigenvalue weighted by molar-refractivity contribution is -0.117. The number of aromatic nitrogens is 2. The highest BCUT2D eigenvalue weighted by Gasteiger charge is 2.34.